The van der Waals surface area contributed by atoms with E-state index in [1.165, 1.54) is 25.7 Å². The number of benzene rings is 1. The number of halogens is 1. The molecule has 18 heavy (non-hydrogen) atoms. The second kappa shape index (κ2) is 6.58. The molecule has 1 aliphatic rings. The lowest BCUT2D eigenvalue weighted by Gasteiger charge is -2.31. The first-order chi connectivity index (χ1) is 8.74. The van der Waals surface area contributed by atoms with Gasteiger partial charge in [0.15, 0.2) is 0 Å². The molecular formula is C15H21BrO2. The van der Waals surface area contributed by atoms with Crippen LogP contribution in [0.3, 0.4) is 0 Å². The maximum Gasteiger partial charge on any atom is 0.133 e. The molecule has 0 aliphatic heterocycles. The fraction of sp³-hybridized carbons (Fsp3) is 0.600. The first-order valence-corrected chi connectivity index (χ1v) is 7.59. The molecule has 0 radical (unpaired) electrons. The molecule has 1 aromatic rings. The van der Waals surface area contributed by atoms with Crippen LogP contribution in [0.1, 0.15) is 44.6 Å². The van der Waals surface area contributed by atoms with E-state index in [1.807, 2.05) is 18.2 Å². The molecule has 2 nitrogen and oxygen atoms in total. The summed E-state index contributed by atoms with van der Waals surface area (Å²) in [5, 5.41) is 9.09. The minimum absolute atomic E-state index is 0.0693. The van der Waals surface area contributed by atoms with E-state index in [2.05, 4.69) is 22.9 Å². The third-order valence-electron chi connectivity index (χ3n) is 3.82. The van der Waals surface area contributed by atoms with Crippen molar-refractivity contribution in [2.45, 2.75) is 51.7 Å². The lowest BCUT2D eigenvalue weighted by Crippen LogP contribution is -2.30. The van der Waals surface area contributed by atoms with E-state index in [0.717, 1.165) is 22.2 Å². The van der Waals surface area contributed by atoms with Crippen molar-refractivity contribution in [3.05, 3.63) is 28.2 Å². The third-order valence-corrected chi connectivity index (χ3v) is 4.44. The van der Waals surface area contributed by atoms with Gasteiger partial charge in [0.2, 0.25) is 0 Å². The summed E-state index contributed by atoms with van der Waals surface area (Å²) in [4.78, 5) is 0. The average molecular weight is 313 g/mol. The molecule has 100 valence electrons. The van der Waals surface area contributed by atoms with Crippen LogP contribution < -0.4 is 4.74 Å². The van der Waals surface area contributed by atoms with Gasteiger partial charge in [-0.1, -0.05) is 19.4 Å². The lowest BCUT2D eigenvalue weighted by molar-refractivity contribution is 0.0896. The minimum Gasteiger partial charge on any atom is -0.489 e. The Labute approximate surface area is 117 Å². The summed E-state index contributed by atoms with van der Waals surface area (Å²) >= 11 is 3.52. The Morgan fingerprint density at radius 1 is 1.33 bits per heavy atom. The first kappa shape index (κ1) is 13.9. The SMILES string of the molecule is CCC1CCCCC1Oc1ccc(CO)cc1Br. The van der Waals surface area contributed by atoms with Crippen LogP contribution in [0.5, 0.6) is 5.75 Å². The van der Waals surface area contributed by atoms with Crippen molar-refractivity contribution >= 4 is 15.9 Å². The Morgan fingerprint density at radius 3 is 2.78 bits per heavy atom. The zero-order valence-corrected chi connectivity index (χ0v) is 12.4. The quantitative estimate of drug-likeness (QED) is 0.898. The van der Waals surface area contributed by atoms with Crippen LogP contribution in [-0.2, 0) is 6.61 Å². The molecule has 2 atom stereocenters. The Kier molecular flexibility index (Phi) is 5.07. The maximum atomic E-state index is 9.09. The summed E-state index contributed by atoms with van der Waals surface area (Å²) in [7, 11) is 0. The number of aliphatic hydroxyl groups excluding tert-OH is 1. The average Bonchev–Trinajstić information content (AvgIpc) is 2.41. The summed E-state index contributed by atoms with van der Waals surface area (Å²) in [5.74, 6) is 1.58. The van der Waals surface area contributed by atoms with Gasteiger partial charge in [-0.25, -0.2) is 0 Å². The van der Waals surface area contributed by atoms with Crippen LogP contribution >= 0.6 is 15.9 Å². The van der Waals surface area contributed by atoms with E-state index in [9.17, 15) is 0 Å². The van der Waals surface area contributed by atoms with Crippen LogP contribution in [0, 0.1) is 5.92 Å². The maximum absolute atomic E-state index is 9.09. The largest absolute Gasteiger partial charge is 0.489 e. The highest BCUT2D eigenvalue weighted by Crippen LogP contribution is 2.33. The minimum atomic E-state index is 0.0693. The van der Waals surface area contributed by atoms with E-state index < -0.39 is 0 Å². The van der Waals surface area contributed by atoms with Gasteiger partial charge in [0.1, 0.15) is 11.9 Å². The summed E-state index contributed by atoms with van der Waals surface area (Å²) in [6.07, 6.45) is 6.59. The normalized spacial score (nSPS) is 23.9. The summed E-state index contributed by atoms with van der Waals surface area (Å²) in [6.45, 7) is 2.32. The van der Waals surface area contributed by atoms with Crippen molar-refractivity contribution in [1.29, 1.82) is 0 Å². The summed E-state index contributed by atoms with van der Waals surface area (Å²) in [6, 6.07) is 5.81. The summed E-state index contributed by atoms with van der Waals surface area (Å²) in [5.41, 5.74) is 0.907. The van der Waals surface area contributed by atoms with Crippen LogP contribution in [0.25, 0.3) is 0 Å². The molecule has 0 saturated heterocycles. The second-order valence-electron chi connectivity index (χ2n) is 5.03. The van der Waals surface area contributed by atoms with Crippen LogP contribution in [0.4, 0.5) is 0 Å². The lowest BCUT2D eigenvalue weighted by atomic mass is 9.85. The van der Waals surface area contributed by atoms with Crippen LogP contribution in [0.2, 0.25) is 0 Å². The predicted octanol–water partition coefficient (Wildman–Crippen LogP) is 4.29. The van der Waals surface area contributed by atoms with Crippen LogP contribution in [-0.4, -0.2) is 11.2 Å². The van der Waals surface area contributed by atoms with Crippen molar-refractivity contribution in [2.24, 2.45) is 5.92 Å². The molecule has 1 saturated carbocycles. The summed E-state index contributed by atoms with van der Waals surface area (Å²) < 4.78 is 7.10. The van der Waals surface area contributed by atoms with Gasteiger partial charge in [-0.05, 0) is 65.2 Å². The molecular weight excluding hydrogens is 292 g/mol. The van der Waals surface area contributed by atoms with Crippen molar-refractivity contribution in [3.8, 4) is 5.75 Å². The molecule has 2 rings (SSSR count). The van der Waals surface area contributed by atoms with Gasteiger partial charge in [0.05, 0.1) is 11.1 Å². The molecule has 0 aromatic heterocycles. The standard InChI is InChI=1S/C15H21BrO2/c1-2-12-5-3-4-6-14(12)18-15-8-7-11(10-17)9-13(15)16/h7-9,12,14,17H,2-6,10H2,1H3. The number of hydrogen-bond donors (Lipinski definition) is 1. The van der Waals surface area contributed by atoms with E-state index in [4.69, 9.17) is 9.84 Å². The van der Waals surface area contributed by atoms with Gasteiger partial charge >= 0.3 is 0 Å². The fourth-order valence-corrected chi connectivity index (χ4v) is 3.22. The van der Waals surface area contributed by atoms with Crippen LogP contribution in [0.15, 0.2) is 22.7 Å². The number of rotatable bonds is 4. The monoisotopic (exact) mass is 312 g/mol. The molecule has 1 aromatic carbocycles. The molecule has 0 amide bonds. The third kappa shape index (κ3) is 3.27. The Morgan fingerprint density at radius 2 is 2.11 bits per heavy atom. The Balaban J connectivity index is 2.07. The Hall–Kier alpha value is -0.540. The van der Waals surface area contributed by atoms with Gasteiger partial charge in [-0.2, -0.15) is 0 Å². The highest BCUT2D eigenvalue weighted by molar-refractivity contribution is 9.10. The highest BCUT2D eigenvalue weighted by Gasteiger charge is 2.25. The molecule has 1 fully saturated rings. The molecule has 1 aliphatic carbocycles. The molecule has 3 heteroatoms. The second-order valence-corrected chi connectivity index (χ2v) is 5.89. The molecule has 1 N–H and O–H groups in total. The van der Waals surface area contributed by atoms with Crippen molar-refractivity contribution in [1.82, 2.24) is 0 Å². The van der Waals surface area contributed by atoms with E-state index >= 15 is 0 Å². The number of aliphatic hydroxyl groups is 1. The van der Waals surface area contributed by atoms with Crippen molar-refractivity contribution < 1.29 is 9.84 Å². The molecule has 0 spiro atoms. The zero-order chi connectivity index (χ0) is 13.0. The first-order valence-electron chi connectivity index (χ1n) is 6.80. The van der Waals surface area contributed by atoms with Gasteiger partial charge in [0.25, 0.3) is 0 Å². The topological polar surface area (TPSA) is 29.5 Å². The van der Waals surface area contributed by atoms with E-state index in [0.29, 0.717) is 12.0 Å². The fourth-order valence-electron chi connectivity index (χ4n) is 2.70. The highest BCUT2D eigenvalue weighted by atomic mass is 79.9. The van der Waals surface area contributed by atoms with Gasteiger partial charge < -0.3 is 9.84 Å². The van der Waals surface area contributed by atoms with Crippen molar-refractivity contribution in [3.63, 3.8) is 0 Å². The number of hydrogen-bond acceptors (Lipinski definition) is 2. The number of ether oxygens (including phenoxy) is 1. The van der Waals surface area contributed by atoms with Gasteiger partial charge in [-0.15, -0.1) is 0 Å². The van der Waals surface area contributed by atoms with Crippen molar-refractivity contribution in [2.75, 3.05) is 0 Å². The predicted molar refractivity (Wildman–Crippen MR) is 76.7 cm³/mol. The van der Waals surface area contributed by atoms with Gasteiger partial charge in [0, 0.05) is 0 Å². The van der Waals surface area contributed by atoms with Gasteiger partial charge in [-0.3, -0.25) is 0 Å². The van der Waals surface area contributed by atoms with E-state index in [-0.39, 0.29) is 6.61 Å². The zero-order valence-electron chi connectivity index (χ0n) is 10.9. The molecule has 2 unspecified atom stereocenters. The Bertz CT molecular complexity index is 392. The smallest absolute Gasteiger partial charge is 0.133 e. The molecule has 0 bridgehead atoms. The van der Waals surface area contributed by atoms with E-state index in [1.54, 1.807) is 0 Å². The molecule has 0 heterocycles.